The van der Waals surface area contributed by atoms with Crippen molar-refractivity contribution in [2.24, 2.45) is 0 Å². The first-order valence-corrected chi connectivity index (χ1v) is 13.8. The summed E-state index contributed by atoms with van der Waals surface area (Å²) in [6.07, 6.45) is 6.40. The van der Waals surface area contributed by atoms with Crippen LogP contribution in [-0.4, -0.2) is 51.8 Å². The van der Waals surface area contributed by atoms with Gasteiger partial charge >= 0.3 is 0 Å². The van der Waals surface area contributed by atoms with Gasteiger partial charge in [-0.3, -0.25) is 14.2 Å². The average Bonchev–Trinajstić information content (AvgIpc) is 2.87. The Balaban J connectivity index is 1.61. The van der Waals surface area contributed by atoms with Crippen LogP contribution in [0.2, 0.25) is 5.02 Å². The summed E-state index contributed by atoms with van der Waals surface area (Å²) >= 11 is 7.62. The lowest BCUT2D eigenvalue weighted by atomic mass is 10.1. The van der Waals surface area contributed by atoms with Crippen molar-refractivity contribution in [3.05, 3.63) is 63.9 Å². The van der Waals surface area contributed by atoms with Crippen LogP contribution in [0.25, 0.3) is 16.6 Å². The number of carbonyl (C=O) groups excluding carboxylic acids is 1. The van der Waals surface area contributed by atoms with Crippen molar-refractivity contribution in [1.29, 1.82) is 0 Å². The summed E-state index contributed by atoms with van der Waals surface area (Å²) in [5.74, 6) is 0.000473. The normalized spacial score (nSPS) is 15.3. The van der Waals surface area contributed by atoms with Crippen molar-refractivity contribution in [2.45, 2.75) is 55.9 Å². The number of carbonyl (C=O) groups is 1. The predicted octanol–water partition coefficient (Wildman–Crippen LogP) is 5.29. The van der Waals surface area contributed by atoms with Crippen LogP contribution in [0.15, 0.2) is 58.5 Å². The van der Waals surface area contributed by atoms with Crippen LogP contribution in [0.3, 0.4) is 0 Å². The third-order valence-electron chi connectivity index (χ3n) is 6.35. The molecule has 8 heteroatoms. The van der Waals surface area contributed by atoms with E-state index in [1.54, 1.807) is 22.8 Å². The van der Waals surface area contributed by atoms with Gasteiger partial charge in [-0.1, -0.05) is 67.7 Å². The Labute approximate surface area is 216 Å². The third kappa shape index (κ3) is 6.66. The molecule has 3 aromatic rings. The smallest absolute Gasteiger partial charge is 0.266 e. The fourth-order valence-corrected chi connectivity index (χ4v) is 5.79. The van der Waals surface area contributed by atoms with E-state index in [0.717, 1.165) is 38.9 Å². The molecule has 186 valence electrons. The molecule has 2 heterocycles. The van der Waals surface area contributed by atoms with Crippen LogP contribution in [-0.2, 0) is 4.79 Å². The Bertz CT molecular complexity index is 1210. The zero-order valence-corrected chi connectivity index (χ0v) is 21.8. The molecule has 2 aromatic carbocycles. The highest BCUT2D eigenvalue weighted by Gasteiger charge is 2.24. The van der Waals surface area contributed by atoms with Crippen molar-refractivity contribution in [3.8, 4) is 5.69 Å². The predicted molar refractivity (Wildman–Crippen MR) is 145 cm³/mol. The van der Waals surface area contributed by atoms with Gasteiger partial charge in [0, 0.05) is 18.1 Å². The van der Waals surface area contributed by atoms with E-state index in [1.807, 2.05) is 30.3 Å². The fourth-order valence-electron chi connectivity index (χ4n) is 4.43. The van der Waals surface area contributed by atoms with Crippen molar-refractivity contribution in [2.75, 3.05) is 26.2 Å². The Morgan fingerprint density at radius 1 is 1.14 bits per heavy atom. The molecule has 0 aliphatic carbocycles. The number of halogens is 1. The average molecular weight is 513 g/mol. The van der Waals surface area contributed by atoms with E-state index in [0.29, 0.717) is 33.3 Å². The van der Waals surface area contributed by atoms with Crippen LogP contribution in [0.5, 0.6) is 0 Å². The molecule has 0 radical (unpaired) electrons. The summed E-state index contributed by atoms with van der Waals surface area (Å²) in [4.78, 5) is 34.0. The van der Waals surface area contributed by atoms with Gasteiger partial charge in [-0.05, 0) is 62.7 Å². The molecule has 1 aliphatic rings. The summed E-state index contributed by atoms with van der Waals surface area (Å²) in [7, 11) is 0. The third-order valence-corrected chi connectivity index (χ3v) is 7.80. The Morgan fingerprint density at radius 3 is 2.71 bits per heavy atom. The molecule has 0 bridgehead atoms. The quantitative estimate of drug-likeness (QED) is 0.295. The second-order valence-electron chi connectivity index (χ2n) is 8.97. The standard InChI is InChI=1S/C27H33ClN4O2S/c1-2-3-14-24(25(33)29-15-18-31-16-7-4-8-17-31)35-27-30-23-13-6-5-12-22(23)26(34)32(27)21-11-9-10-20(28)19-21/h5-6,9-13,19,24H,2-4,7-8,14-18H2,1H3,(H,29,33). The lowest BCUT2D eigenvalue weighted by molar-refractivity contribution is -0.120. The number of thioether (sulfide) groups is 1. The number of hydrogen-bond acceptors (Lipinski definition) is 5. The Kier molecular flexibility index (Phi) is 9.24. The second kappa shape index (κ2) is 12.6. The molecule has 1 fully saturated rings. The van der Waals surface area contributed by atoms with Crippen molar-refractivity contribution in [3.63, 3.8) is 0 Å². The summed E-state index contributed by atoms with van der Waals surface area (Å²) in [6, 6.07) is 14.5. The first-order chi connectivity index (χ1) is 17.1. The van der Waals surface area contributed by atoms with Crippen molar-refractivity contribution in [1.82, 2.24) is 19.8 Å². The maximum atomic E-state index is 13.5. The number of piperidine rings is 1. The summed E-state index contributed by atoms with van der Waals surface area (Å²) in [5.41, 5.74) is 1.10. The number of nitrogens with one attached hydrogen (secondary N) is 1. The van der Waals surface area contributed by atoms with E-state index >= 15 is 0 Å². The number of para-hydroxylation sites is 1. The monoisotopic (exact) mass is 512 g/mol. The molecule has 1 saturated heterocycles. The van der Waals surface area contributed by atoms with Crippen molar-refractivity contribution < 1.29 is 4.79 Å². The number of benzene rings is 2. The Morgan fingerprint density at radius 2 is 1.94 bits per heavy atom. The molecule has 1 N–H and O–H groups in total. The highest BCUT2D eigenvalue weighted by atomic mass is 35.5. The van der Waals surface area contributed by atoms with Crippen molar-refractivity contribution >= 4 is 40.2 Å². The molecule has 1 atom stereocenters. The number of likely N-dealkylation sites (tertiary alicyclic amines) is 1. The van der Waals surface area contributed by atoms with Gasteiger partial charge in [0.1, 0.15) is 0 Å². The van der Waals surface area contributed by atoms with E-state index in [1.165, 1.54) is 31.0 Å². The number of rotatable bonds is 10. The van der Waals surface area contributed by atoms with Gasteiger partial charge in [0.2, 0.25) is 5.91 Å². The van der Waals surface area contributed by atoms with Gasteiger partial charge in [-0.2, -0.15) is 0 Å². The van der Waals surface area contributed by atoms with Crippen LogP contribution in [0.1, 0.15) is 45.4 Å². The van der Waals surface area contributed by atoms with Gasteiger partial charge < -0.3 is 10.2 Å². The van der Waals surface area contributed by atoms with E-state index < -0.39 is 0 Å². The zero-order chi connectivity index (χ0) is 24.6. The maximum Gasteiger partial charge on any atom is 0.266 e. The van der Waals surface area contributed by atoms with Gasteiger partial charge in [0.05, 0.1) is 21.8 Å². The van der Waals surface area contributed by atoms with Crippen LogP contribution in [0.4, 0.5) is 0 Å². The van der Waals surface area contributed by atoms with Gasteiger partial charge in [-0.15, -0.1) is 0 Å². The van der Waals surface area contributed by atoms with E-state index in [9.17, 15) is 9.59 Å². The fraction of sp³-hybridized carbons (Fsp3) is 0.444. The summed E-state index contributed by atoms with van der Waals surface area (Å²) < 4.78 is 1.58. The van der Waals surface area contributed by atoms with Gasteiger partial charge in [0.25, 0.3) is 5.56 Å². The molecule has 0 spiro atoms. The molecular formula is C27H33ClN4O2S. The highest BCUT2D eigenvalue weighted by molar-refractivity contribution is 8.00. The van der Waals surface area contributed by atoms with E-state index in [-0.39, 0.29) is 16.7 Å². The molecule has 35 heavy (non-hydrogen) atoms. The molecular weight excluding hydrogens is 480 g/mol. The minimum Gasteiger partial charge on any atom is -0.354 e. The molecule has 1 unspecified atom stereocenters. The number of unbranched alkanes of at least 4 members (excludes halogenated alkanes) is 1. The SMILES string of the molecule is CCCCC(Sc1nc2ccccc2c(=O)n1-c1cccc(Cl)c1)C(=O)NCCN1CCCCC1. The minimum absolute atomic E-state index is 0.000473. The summed E-state index contributed by atoms with van der Waals surface area (Å²) in [6.45, 7) is 5.84. The highest BCUT2D eigenvalue weighted by Crippen LogP contribution is 2.29. The lowest BCUT2D eigenvalue weighted by Gasteiger charge is -2.26. The number of fused-ring (bicyclic) bond motifs is 1. The number of aromatic nitrogens is 2. The van der Waals surface area contributed by atoms with Gasteiger partial charge in [-0.25, -0.2) is 4.98 Å². The van der Waals surface area contributed by atoms with Crippen LogP contribution in [0, 0.1) is 0 Å². The van der Waals surface area contributed by atoms with Crippen LogP contribution < -0.4 is 10.9 Å². The molecule has 0 saturated carbocycles. The molecule has 1 aliphatic heterocycles. The lowest BCUT2D eigenvalue weighted by Crippen LogP contribution is -2.40. The van der Waals surface area contributed by atoms with E-state index in [4.69, 9.17) is 16.6 Å². The maximum absolute atomic E-state index is 13.5. The Hall–Kier alpha value is -2.35. The zero-order valence-electron chi connectivity index (χ0n) is 20.2. The number of hydrogen-bond donors (Lipinski definition) is 1. The second-order valence-corrected chi connectivity index (χ2v) is 10.6. The first-order valence-electron chi connectivity index (χ1n) is 12.5. The molecule has 4 rings (SSSR count). The number of amides is 1. The molecule has 1 amide bonds. The summed E-state index contributed by atoms with van der Waals surface area (Å²) in [5, 5.41) is 4.38. The largest absolute Gasteiger partial charge is 0.354 e. The van der Waals surface area contributed by atoms with Gasteiger partial charge in [0.15, 0.2) is 5.16 Å². The topological polar surface area (TPSA) is 67.2 Å². The first kappa shape index (κ1) is 25.7. The number of nitrogens with zero attached hydrogens (tertiary/aromatic N) is 3. The molecule has 1 aromatic heterocycles. The van der Waals surface area contributed by atoms with E-state index in [2.05, 4.69) is 17.1 Å². The minimum atomic E-state index is -0.338. The molecule has 6 nitrogen and oxygen atoms in total. The van der Waals surface area contributed by atoms with Crippen LogP contribution >= 0.6 is 23.4 Å².